The first-order valence-electron chi connectivity index (χ1n) is 14.3. The molecule has 0 aliphatic carbocycles. The number of para-hydroxylation sites is 3. The van der Waals surface area contributed by atoms with Crippen LogP contribution in [0.2, 0.25) is 0 Å². The Morgan fingerprint density at radius 2 is 1.00 bits per heavy atom. The molecule has 0 saturated heterocycles. The summed E-state index contributed by atoms with van der Waals surface area (Å²) in [7, 11) is 0. The summed E-state index contributed by atoms with van der Waals surface area (Å²) in [5.41, 5.74) is 9.47. The van der Waals surface area contributed by atoms with Crippen molar-refractivity contribution >= 4 is 54.4 Å². The molecule has 0 saturated carbocycles. The van der Waals surface area contributed by atoms with Gasteiger partial charge in [0.15, 0.2) is 0 Å². The average molecular weight is 536 g/mol. The fraction of sp³-hybridized carbons (Fsp3) is 0. The molecule has 9 rings (SSSR count). The highest BCUT2D eigenvalue weighted by atomic mass is 15.0. The van der Waals surface area contributed by atoms with E-state index in [2.05, 4.69) is 154 Å². The molecule has 9 aromatic rings. The molecule has 0 amide bonds. The number of fused-ring (bicyclic) bond motifs is 8. The molecular weight excluding hydrogens is 510 g/mol. The van der Waals surface area contributed by atoms with Gasteiger partial charge in [0, 0.05) is 50.7 Å². The first-order valence-corrected chi connectivity index (χ1v) is 14.3. The van der Waals surface area contributed by atoms with Gasteiger partial charge in [-0.1, -0.05) is 97.1 Å². The van der Waals surface area contributed by atoms with Crippen LogP contribution in [0.3, 0.4) is 0 Å². The second-order valence-corrected chi connectivity index (χ2v) is 10.9. The van der Waals surface area contributed by atoms with Crippen LogP contribution in [0.1, 0.15) is 0 Å². The molecule has 3 heterocycles. The summed E-state index contributed by atoms with van der Waals surface area (Å²) in [6.07, 6.45) is 3.87. The van der Waals surface area contributed by atoms with Crippen molar-refractivity contribution in [3.8, 4) is 22.5 Å². The van der Waals surface area contributed by atoms with Gasteiger partial charge in [-0.2, -0.15) is 0 Å². The molecule has 0 bridgehead atoms. The van der Waals surface area contributed by atoms with Crippen molar-refractivity contribution in [1.82, 2.24) is 14.1 Å². The van der Waals surface area contributed by atoms with Gasteiger partial charge in [0.05, 0.1) is 22.1 Å². The van der Waals surface area contributed by atoms with Crippen LogP contribution in [-0.4, -0.2) is 14.1 Å². The normalized spacial score (nSPS) is 11.8. The first kappa shape index (κ1) is 23.1. The van der Waals surface area contributed by atoms with Crippen molar-refractivity contribution in [2.75, 3.05) is 0 Å². The molecule has 0 unspecified atom stereocenters. The third kappa shape index (κ3) is 3.25. The molecule has 0 aliphatic heterocycles. The maximum Gasteiger partial charge on any atom is 0.0788 e. The fourth-order valence-electron chi connectivity index (χ4n) is 6.78. The van der Waals surface area contributed by atoms with Crippen molar-refractivity contribution in [2.45, 2.75) is 0 Å². The van der Waals surface area contributed by atoms with Crippen LogP contribution in [0.5, 0.6) is 0 Å². The molecule has 42 heavy (non-hydrogen) atoms. The van der Waals surface area contributed by atoms with Crippen LogP contribution in [0.15, 0.2) is 152 Å². The highest BCUT2D eigenvalue weighted by molar-refractivity contribution is 6.24. The summed E-state index contributed by atoms with van der Waals surface area (Å²) in [4.78, 5) is 4.49. The van der Waals surface area contributed by atoms with Gasteiger partial charge in [0.1, 0.15) is 0 Å². The number of hydrogen-bond donors (Lipinski definition) is 0. The Kier molecular flexibility index (Phi) is 4.90. The maximum atomic E-state index is 4.49. The lowest BCUT2D eigenvalue weighted by Gasteiger charge is -2.15. The summed E-state index contributed by atoms with van der Waals surface area (Å²) in [6.45, 7) is 0. The fourth-order valence-corrected chi connectivity index (χ4v) is 6.78. The van der Waals surface area contributed by atoms with E-state index in [1.165, 1.54) is 60.1 Å². The SMILES string of the molecule is c1ccc(-c2cc(-n3c4ccccc4c4ccc5c6ccccc6n(-c6ccccc6)c5c43)cc3ccncc23)cc1. The number of rotatable bonds is 3. The monoisotopic (exact) mass is 535 g/mol. The summed E-state index contributed by atoms with van der Waals surface area (Å²) in [6, 6.07) is 50.3. The highest BCUT2D eigenvalue weighted by Gasteiger charge is 2.21. The van der Waals surface area contributed by atoms with Crippen LogP contribution in [-0.2, 0) is 0 Å². The molecular formula is C39H25N3. The molecule has 0 N–H and O–H groups in total. The molecule has 3 nitrogen and oxygen atoms in total. The van der Waals surface area contributed by atoms with Crippen LogP contribution in [0, 0.1) is 0 Å². The third-order valence-corrected chi connectivity index (χ3v) is 8.57. The van der Waals surface area contributed by atoms with E-state index in [0.717, 1.165) is 16.8 Å². The second kappa shape index (κ2) is 8.92. The molecule has 0 spiro atoms. The maximum absolute atomic E-state index is 4.49. The highest BCUT2D eigenvalue weighted by Crippen LogP contribution is 2.42. The van der Waals surface area contributed by atoms with E-state index in [1.807, 2.05) is 12.4 Å². The van der Waals surface area contributed by atoms with E-state index in [9.17, 15) is 0 Å². The zero-order valence-corrected chi connectivity index (χ0v) is 22.8. The lowest BCUT2D eigenvalue weighted by Crippen LogP contribution is -1.99. The van der Waals surface area contributed by atoms with Gasteiger partial charge in [-0.3, -0.25) is 4.98 Å². The quantitative estimate of drug-likeness (QED) is 0.221. The Balaban J connectivity index is 1.51. The van der Waals surface area contributed by atoms with Crippen molar-refractivity contribution in [2.24, 2.45) is 0 Å². The zero-order chi connectivity index (χ0) is 27.6. The Morgan fingerprint density at radius 3 is 1.67 bits per heavy atom. The van der Waals surface area contributed by atoms with Crippen molar-refractivity contribution in [1.29, 1.82) is 0 Å². The predicted molar refractivity (Wildman–Crippen MR) is 176 cm³/mol. The molecule has 196 valence electrons. The molecule has 6 aromatic carbocycles. The van der Waals surface area contributed by atoms with Crippen molar-refractivity contribution in [3.05, 3.63) is 152 Å². The van der Waals surface area contributed by atoms with E-state index < -0.39 is 0 Å². The number of pyridine rings is 1. The number of benzene rings is 6. The topological polar surface area (TPSA) is 22.8 Å². The second-order valence-electron chi connectivity index (χ2n) is 10.9. The van der Waals surface area contributed by atoms with Crippen LogP contribution < -0.4 is 0 Å². The summed E-state index contributed by atoms with van der Waals surface area (Å²) in [5.74, 6) is 0. The van der Waals surface area contributed by atoms with Gasteiger partial charge >= 0.3 is 0 Å². The summed E-state index contributed by atoms with van der Waals surface area (Å²) in [5, 5.41) is 7.31. The van der Waals surface area contributed by atoms with Gasteiger partial charge < -0.3 is 9.13 Å². The zero-order valence-electron chi connectivity index (χ0n) is 22.8. The Labute approximate surface area is 242 Å². The molecule has 0 aliphatic rings. The van der Waals surface area contributed by atoms with Gasteiger partial charge in [-0.05, 0) is 59.0 Å². The van der Waals surface area contributed by atoms with E-state index in [1.54, 1.807) is 0 Å². The molecule has 0 atom stereocenters. The third-order valence-electron chi connectivity index (χ3n) is 8.57. The Bertz CT molecular complexity index is 2450. The Hall–Kier alpha value is -5.67. The molecule has 3 aromatic heterocycles. The lowest BCUT2D eigenvalue weighted by atomic mass is 9.98. The smallest absolute Gasteiger partial charge is 0.0788 e. The molecule has 0 fully saturated rings. The van der Waals surface area contributed by atoms with Crippen LogP contribution in [0.25, 0.3) is 76.9 Å². The van der Waals surface area contributed by atoms with Gasteiger partial charge in [0.2, 0.25) is 0 Å². The van der Waals surface area contributed by atoms with Crippen molar-refractivity contribution < 1.29 is 0 Å². The number of hydrogen-bond acceptors (Lipinski definition) is 1. The minimum atomic E-state index is 1.14. The summed E-state index contributed by atoms with van der Waals surface area (Å²) >= 11 is 0. The minimum absolute atomic E-state index is 1.14. The van der Waals surface area contributed by atoms with E-state index in [4.69, 9.17) is 0 Å². The van der Waals surface area contributed by atoms with E-state index >= 15 is 0 Å². The standard InChI is InChI=1S/C39H25N3/c1-3-11-26(12-4-1)34-24-29(23-27-21-22-40-25-35(27)34)42-37-18-10-8-16-31(37)33-20-19-32-30-15-7-9-17-36(30)41(38(32)39(33)42)28-13-5-2-6-14-28/h1-25H. The van der Waals surface area contributed by atoms with Crippen molar-refractivity contribution in [3.63, 3.8) is 0 Å². The van der Waals surface area contributed by atoms with Crippen LogP contribution in [0.4, 0.5) is 0 Å². The molecule has 0 radical (unpaired) electrons. The van der Waals surface area contributed by atoms with Crippen LogP contribution >= 0.6 is 0 Å². The largest absolute Gasteiger partial charge is 0.307 e. The Morgan fingerprint density at radius 1 is 0.429 bits per heavy atom. The number of nitrogens with zero attached hydrogens (tertiary/aromatic N) is 3. The lowest BCUT2D eigenvalue weighted by molar-refractivity contribution is 1.15. The number of aromatic nitrogens is 3. The first-order chi connectivity index (χ1) is 20.9. The average Bonchev–Trinajstić information content (AvgIpc) is 3.58. The summed E-state index contributed by atoms with van der Waals surface area (Å²) < 4.78 is 4.91. The predicted octanol–water partition coefficient (Wildman–Crippen LogP) is 10.1. The van der Waals surface area contributed by atoms with E-state index in [-0.39, 0.29) is 0 Å². The van der Waals surface area contributed by atoms with Gasteiger partial charge in [-0.15, -0.1) is 0 Å². The van der Waals surface area contributed by atoms with E-state index in [0.29, 0.717) is 0 Å². The van der Waals surface area contributed by atoms with Gasteiger partial charge in [-0.25, -0.2) is 0 Å². The minimum Gasteiger partial charge on any atom is -0.307 e. The van der Waals surface area contributed by atoms with Gasteiger partial charge in [0.25, 0.3) is 0 Å². The molecule has 3 heteroatoms.